The molecule has 106 valence electrons. The molecule has 0 spiro atoms. The summed E-state index contributed by atoms with van der Waals surface area (Å²) in [6, 6.07) is 0. The molecule has 0 aliphatic carbocycles. The molecular weight excluding hydrogens is 258 g/mol. The molecule has 0 unspecified atom stereocenters. The zero-order valence-electron chi connectivity index (χ0n) is 11.8. The van der Waals surface area contributed by atoms with Crippen LogP contribution >= 0.6 is 11.3 Å². The Bertz CT molecular complexity index is 422. The normalized spacial score (nSPS) is 18.1. The number of amides is 1. The second-order valence-electron chi connectivity index (χ2n) is 5.72. The van der Waals surface area contributed by atoms with Crippen molar-refractivity contribution in [1.29, 1.82) is 0 Å². The maximum absolute atomic E-state index is 10.9. The highest BCUT2D eigenvalue weighted by Gasteiger charge is 2.21. The number of aromatic nitrogens is 1. The molecule has 2 N–H and O–H groups in total. The molecule has 0 saturated carbocycles. The van der Waals surface area contributed by atoms with E-state index in [-0.39, 0.29) is 5.91 Å². The quantitative estimate of drug-likeness (QED) is 0.901. The fourth-order valence-electron chi connectivity index (χ4n) is 2.52. The summed E-state index contributed by atoms with van der Waals surface area (Å²) in [4.78, 5) is 18.0. The van der Waals surface area contributed by atoms with Crippen LogP contribution in [0.25, 0.3) is 0 Å². The van der Waals surface area contributed by atoms with Gasteiger partial charge < -0.3 is 5.73 Å². The summed E-state index contributed by atoms with van der Waals surface area (Å²) in [7, 11) is 0. The Hall–Kier alpha value is -0.940. The van der Waals surface area contributed by atoms with Gasteiger partial charge in [-0.05, 0) is 31.8 Å². The van der Waals surface area contributed by atoms with E-state index in [9.17, 15) is 4.79 Å². The van der Waals surface area contributed by atoms with Gasteiger partial charge in [0.25, 0.3) is 0 Å². The first-order valence-corrected chi connectivity index (χ1v) is 7.87. The van der Waals surface area contributed by atoms with Gasteiger partial charge in [-0.2, -0.15) is 0 Å². The molecule has 0 atom stereocenters. The van der Waals surface area contributed by atoms with Crippen molar-refractivity contribution in [3.05, 3.63) is 16.1 Å². The van der Waals surface area contributed by atoms with Gasteiger partial charge in [-0.3, -0.25) is 9.69 Å². The van der Waals surface area contributed by atoms with Crippen molar-refractivity contribution in [3.8, 4) is 0 Å². The average molecular weight is 281 g/mol. The highest BCUT2D eigenvalue weighted by Crippen LogP contribution is 2.23. The number of carbonyl (C=O) groups is 1. The molecule has 1 aliphatic rings. The lowest BCUT2D eigenvalue weighted by Crippen LogP contribution is -2.34. The Balaban J connectivity index is 1.80. The number of rotatable bonds is 5. The van der Waals surface area contributed by atoms with Crippen molar-refractivity contribution >= 4 is 17.2 Å². The lowest BCUT2D eigenvalue weighted by atomic mass is 9.93. The van der Waals surface area contributed by atoms with Crippen LogP contribution in [0.5, 0.6) is 0 Å². The fraction of sp³-hybridized carbons (Fsp3) is 0.714. The molecule has 1 fully saturated rings. The number of hydrogen-bond acceptors (Lipinski definition) is 4. The first-order valence-electron chi connectivity index (χ1n) is 6.99. The maximum Gasteiger partial charge on any atom is 0.217 e. The largest absolute Gasteiger partial charge is 0.370 e. The predicted molar refractivity (Wildman–Crippen MR) is 78.0 cm³/mol. The van der Waals surface area contributed by atoms with Gasteiger partial charge in [0.2, 0.25) is 5.91 Å². The molecule has 1 aliphatic heterocycles. The fourth-order valence-corrected chi connectivity index (χ4v) is 3.35. The number of carbonyl (C=O) groups excluding carboxylic acids is 1. The number of likely N-dealkylation sites (tertiary alicyclic amines) is 1. The standard InChI is InChI=1S/C14H23N3OS/c1-10(2)14-16-12(9-19-14)8-17-5-3-11(4-6-17)7-13(15)18/h9-11H,3-8H2,1-2H3,(H2,15,18). The monoisotopic (exact) mass is 281 g/mol. The van der Waals surface area contributed by atoms with Crippen molar-refractivity contribution in [1.82, 2.24) is 9.88 Å². The van der Waals surface area contributed by atoms with Crippen LogP contribution < -0.4 is 5.73 Å². The number of piperidine rings is 1. The van der Waals surface area contributed by atoms with E-state index in [1.807, 2.05) is 0 Å². The molecule has 5 heteroatoms. The second-order valence-corrected chi connectivity index (χ2v) is 6.61. The Morgan fingerprint density at radius 3 is 2.74 bits per heavy atom. The van der Waals surface area contributed by atoms with Gasteiger partial charge in [0.1, 0.15) is 0 Å². The molecule has 4 nitrogen and oxygen atoms in total. The number of nitrogens with zero attached hydrogens (tertiary/aromatic N) is 2. The van der Waals surface area contributed by atoms with Gasteiger partial charge in [0.15, 0.2) is 0 Å². The van der Waals surface area contributed by atoms with Gasteiger partial charge in [-0.15, -0.1) is 11.3 Å². The Morgan fingerprint density at radius 2 is 2.21 bits per heavy atom. The highest BCUT2D eigenvalue weighted by molar-refractivity contribution is 7.09. The summed E-state index contributed by atoms with van der Waals surface area (Å²) in [5, 5.41) is 3.39. The lowest BCUT2D eigenvalue weighted by molar-refractivity contribution is -0.119. The zero-order chi connectivity index (χ0) is 13.8. The summed E-state index contributed by atoms with van der Waals surface area (Å²) in [5.74, 6) is 0.829. The number of thiazole rings is 1. The van der Waals surface area contributed by atoms with E-state index in [1.165, 1.54) is 10.7 Å². The van der Waals surface area contributed by atoms with Crippen molar-refractivity contribution in [2.75, 3.05) is 13.1 Å². The Morgan fingerprint density at radius 1 is 1.53 bits per heavy atom. The number of hydrogen-bond donors (Lipinski definition) is 1. The molecule has 1 aromatic rings. The summed E-state index contributed by atoms with van der Waals surface area (Å²) in [6.45, 7) is 7.39. The third kappa shape index (κ3) is 4.28. The Labute approximate surface area is 119 Å². The van der Waals surface area contributed by atoms with Crippen molar-refractivity contribution in [2.45, 2.75) is 45.6 Å². The van der Waals surface area contributed by atoms with E-state index in [0.29, 0.717) is 18.3 Å². The first-order chi connectivity index (χ1) is 9.04. The summed E-state index contributed by atoms with van der Waals surface area (Å²) < 4.78 is 0. The third-order valence-corrected chi connectivity index (χ3v) is 4.84. The van der Waals surface area contributed by atoms with Crippen molar-refractivity contribution in [2.24, 2.45) is 11.7 Å². The van der Waals surface area contributed by atoms with Crippen LogP contribution in [-0.4, -0.2) is 28.9 Å². The molecular formula is C14H23N3OS. The summed E-state index contributed by atoms with van der Waals surface area (Å²) in [6.07, 6.45) is 2.69. The summed E-state index contributed by atoms with van der Waals surface area (Å²) in [5.41, 5.74) is 6.43. The SMILES string of the molecule is CC(C)c1nc(CN2CCC(CC(N)=O)CC2)cs1. The van der Waals surface area contributed by atoms with Crippen molar-refractivity contribution < 1.29 is 4.79 Å². The van der Waals surface area contributed by atoms with Crippen LogP contribution in [-0.2, 0) is 11.3 Å². The van der Waals surface area contributed by atoms with Gasteiger partial charge in [0, 0.05) is 24.3 Å². The third-order valence-electron chi connectivity index (χ3n) is 3.65. The highest BCUT2D eigenvalue weighted by atomic mass is 32.1. The van der Waals surface area contributed by atoms with Crippen LogP contribution in [0, 0.1) is 5.92 Å². The minimum atomic E-state index is -0.167. The maximum atomic E-state index is 10.9. The van der Waals surface area contributed by atoms with Crippen LogP contribution in [0.3, 0.4) is 0 Å². The van der Waals surface area contributed by atoms with Gasteiger partial charge in [-0.25, -0.2) is 4.98 Å². The molecule has 2 heterocycles. The molecule has 2 rings (SSSR count). The first kappa shape index (κ1) is 14.5. The van der Waals surface area contributed by atoms with Crippen LogP contribution in [0.15, 0.2) is 5.38 Å². The Kier molecular flexibility index (Phi) is 4.93. The van der Waals surface area contributed by atoms with Gasteiger partial charge in [0.05, 0.1) is 10.7 Å². The van der Waals surface area contributed by atoms with E-state index in [4.69, 9.17) is 5.73 Å². The minimum absolute atomic E-state index is 0.167. The molecule has 0 bridgehead atoms. The molecule has 19 heavy (non-hydrogen) atoms. The van der Waals surface area contributed by atoms with E-state index in [1.54, 1.807) is 11.3 Å². The lowest BCUT2D eigenvalue weighted by Gasteiger charge is -2.30. The van der Waals surface area contributed by atoms with E-state index >= 15 is 0 Å². The zero-order valence-corrected chi connectivity index (χ0v) is 12.6. The van der Waals surface area contributed by atoms with E-state index in [2.05, 4.69) is 29.1 Å². The molecule has 1 saturated heterocycles. The van der Waals surface area contributed by atoms with Gasteiger partial charge >= 0.3 is 0 Å². The topological polar surface area (TPSA) is 59.2 Å². The van der Waals surface area contributed by atoms with E-state index < -0.39 is 0 Å². The smallest absolute Gasteiger partial charge is 0.217 e. The molecule has 1 amide bonds. The van der Waals surface area contributed by atoms with Crippen LogP contribution in [0.4, 0.5) is 0 Å². The van der Waals surface area contributed by atoms with Crippen LogP contribution in [0.2, 0.25) is 0 Å². The summed E-state index contributed by atoms with van der Waals surface area (Å²) >= 11 is 1.76. The minimum Gasteiger partial charge on any atom is -0.370 e. The average Bonchev–Trinajstić information content (AvgIpc) is 2.80. The number of primary amides is 1. The molecule has 0 aromatic carbocycles. The molecule has 1 aromatic heterocycles. The number of nitrogens with two attached hydrogens (primary N) is 1. The molecule has 0 radical (unpaired) electrons. The van der Waals surface area contributed by atoms with Gasteiger partial charge in [-0.1, -0.05) is 13.8 Å². The van der Waals surface area contributed by atoms with E-state index in [0.717, 1.165) is 32.5 Å². The predicted octanol–water partition coefficient (Wildman–Crippen LogP) is 2.35. The van der Waals surface area contributed by atoms with Crippen molar-refractivity contribution in [3.63, 3.8) is 0 Å². The van der Waals surface area contributed by atoms with Crippen LogP contribution in [0.1, 0.15) is 49.7 Å². The second kappa shape index (κ2) is 6.48.